The molecule has 0 atom stereocenters. The van der Waals surface area contributed by atoms with Gasteiger partial charge in [-0.15, -0.1) is 0 Å². The van der Waals surface area contributed by atoms with Gasteiger partial charge in [-0.3, -0.25) is 4.79 Å². The number of methoxy groups -OCH3 is 1. The molecular weight excluding hydrogens is 271 g/mol. The molecule has 0 heterocycles. The van der Waals surface area contributed by atoms with E-state index < -0.39 is 5.82 Å². The predicted molar refractivity (Wildman–Crippen MR) is 81.8 cm³/mol. The topological polar surface area (TPSA) is 41.6 Å². The fourth-order valence-corrected chi connectivity index (χ4v) is 1.86. The average Bonchev–Trinajstić information content (AvgIpc) is 2.41. The zero-order valence-corrected chi connectivity index (χ0v) is 13.5. The van der Waals surface area contributed by atoms with Gasteiger partial charge in [-0.05, 0) is 45.4 Å². The molecule has 0 fully saturated rings. The fourth-order valence-electron chi connectivity index (χ4n) is 1.86. The normalized spacial score (nSPS) is 11.3. The lowest BCUT2D eigenvalue weighted by atomic mass is 10.1. The van der Waals surface area contributed by atoms with Crippen molar-refractivity contribution in [1.82, 2.24) is 10.2 Å². The Kier molecular flexibility index (Phi) is 6.15. The van der Waals surface area contributed by atoms with E-state index in [1.54, 1.807) is 17.0 Å². The molecule has 0 saturated heterocycles. The van der Waals surface area contributed by atoms with Crippen molar-refractivity contribution in [2.45, 2.75) is 39.8 Å². The Balaban J connectivity index is 2.69. The molecule has 1 aromatic rings. The number of carbonyl (C=O) groups is 1. The third-order valence-electron chi connectivity index (χ3n) is 3.09. The van der Waals surface area contributed by atoms with Gasteiger partial charge in [-0.2, -0.15) is 0 Å². The molecule has 0 bridgehead atoms. The number of likely N-dealkylation sites (N-methyl/N-ethyl adjacent to an activating group) is 1. The Hall–Kier alpha value is -1.62. The number of halogens is 1. The lowest BCUT2D eigenvalue weighted by molar-refractivity contribution is -0.130. The van der Waals surface area contributed by atoms with E-state index in [0.717, 1.165) is 5.56 Å². The molecule has 0 aliphatic rings. The van der Waals surface area contributed by atoms with Crippen molar-refractivity contribution in [2.75, 3.05) is 20.2 Å². The molecule has 0 aliphatic carbocycles. The second-order valence-electron chi connectivity index (χ2n) is 5.98. The maximum Gasteiger partial charge on any atom is 0.236 e. The minimum absolute atomic E-state index is 0.00338. The van der Waals surface area contributed by atoms with E-state index in [1.165, 1.54) is 13.2 Å². The smallest absolute Gasteiger partial charge is 0.236 e. The lowest BCUT2D eigenvalue weighted by Gasteiger charge is -2.25. The first-order valence-corrected chi connectivity index (χ1v) is 7.12. The molecule has 1 amide bonds. The molecule has 1 aromatic carbocycles. The molecule has 0 unspecified atom stereocenters. The van der Waals surface area contributed by atoms with Crippen LogP contribution in [0.1, 0.15) is 33.3 Å². The number of nitrogens with one attached hydrogen (secondary N) is 1. The third-order valence-corrected chi connectivity index (χ3v) is 3.09. The highest BCUT2D eigenvalue weighted by Crippen LogP contribution is 2.18. The molecule has 0 spiro atoms. The molecule has 118 valence electrons. The molecule has 1 N–H and O–H groups in total. The quantitative estimate of drug-likeness (QED) is 0.877. The van der Waals surface area contributed by atoms with E-state index in [1.807, 2.05) is 27.7 Å². The van der Waals surface area contributed by atoms with Crippen LogP contribution in [0.25, 0.3) is 0 Å². The van der Waals surface area contributed by atoms with Crippen LogP contribution >= 0.6 is 0 Å². The highest BCUT2D eigenvalue weighted by Gasteiger charge is 2.16. The van der Waals surface area contributed by atoms with Crippen molar-refractivity contribution in [1.29, 1.82) is 0 Å². The van der Waals surface area contributed by atoms with E-state index in [-0.39, 0.29) is 23.7 Å². The highest BCUT2D eigenvalue weighted by atomic mass is 19.1. The Morgan fingerprint density at radius 1 is 1.38 bits per heavy atom. The van der Waals surface area contributed by atoms with Gasteiger partial charge in [0, 0.05) is 18.6 Å². The van der Waals surface area contributed by atoms with Gasteiger partial charge in [0.05, 0.1) is 13.7 Å². The van der Waals surface area contributed by atoms with Crippen LogP contribution in [0.15, 0.2) is 18.2 Å². The van der Waals surface area contributed by atoms with E-state index in [4.69, 9.17) is 4.74 Å². The minimum atomic E-state index is -0.411. The van der Waals surface area contributed by atoms with E-state index in [2.05, 4.69) is 5.32 Å². The van der Waals surface area contributed by atoms with Crippen LogP contribution in [0, 0.1) is 5.82 Å². The minimum Gasteiger partial charge on any atom is -0.494 e. The van der Waals surface area contributed by atoms with Crippen LogP contribution in [0.3, 0.4) is 0 Å². The van der Waals surface area contributed by atoms with Gasteiger partial charge in [0.25, 0.3) is 0 Å². The van der Waals surface area contributed by atoms with Crippen LogP contribution in [-0.2, 0) is 11.3 Å². The summed E-state index contributed by atoms with van der Waals surface area (Å²) in [5.74, 6) is -0.197. The molecule has 0 radical (unpaired) electrons. The standard InChI is InChI=1S/C16H25FN2O2/c1-6-19(15(20)10-18-16(2,3)4)11-12-7-8-14(21-5)13(17)9-12/h7-9,18H,6,10-11H2,1-5H3. The summed E-state index contributed by atoms with van der Waals surface area (Å²) >= 11 is 0. The Morgan fingerprint density at radius 2 is 2.05 bits per heavy atom. The van der Waals surface area contributed by atoms with Crippen LogP contribution in [0.5, 0.6) is 5.75 Å². The van der Waals surface area contributed by atoms with Crippen molar-refractivity contribution in [3.05, 3.63) is 29.6 Å². The van der Waals surface area contributed by atoms with Crippen molar-refractivity contribution in [3.8, 4) is 5.75 Å². The summed E-state index contributed by atoms with van der Waals surface area (Å²) in [6, 6.07) is 4.76. The number of hydrogen-bond acceptors (Lipinski definition) is 3. The number of nitrogens with zero attached hydrogens (tertiary/aromatic N) is 1. The second kappa shape index (κ2) is 7.41. The zero-order valence-electron chi connectivity index (χ0n) is 13.5. The van der Waals surface area contributed by atoms with Crippen LogP contribution < -0.4 is 10.1 Å². The van der Waals surface area contributed by atoms with Crippen LogP contribution in [0.2, 0.25) is 0 Å². The van der Waals surface area contributed by atoms with Crippen LogP contribution in [-0.4, -0.2) is 36.5 Å². The molecule has 0 saturated carbocycles. The SMILES string of the molecule is CCN(Cc1ccc(OC)c(F)c1)C(=O)CNC(C)(C)C. The number of benzene rings is 1. The van der Waals surface area contributed by atoms with Gasteiger partial charge in [0.15, 0.2) is 11.6 Å². The summed E-state index contributed by atoms with van der Waals surface area (Å²) in [7, 11) is 1.43. The zero-order chi connectivity index (χ0) is 16.0. The molecule has 5 heteroatoms. The summed E-state index contributed by atoms with van der Waals surface area (Å²) in [4.78, 5) is 13.9. The number of hydrogen-bond donors (Lipinski definition) is 1. The van der Waals surface area contributed by atoms with Crippen molar-refractivity contribution in [2.24, 2.45) is 0 Å². The van der Waals surface area contributed by atoms with E-state index in [9.17, 15) is 9.18 Å². The van der Waals surface area contributed by atoms with Gasteiger partial charge in [0.2, 0.25) is 5.91 Å². The number of ether oxygens (including phenoxy) is 1. The first kappa shape index (κ1) is 17.4. The van der Waals surface area contributed by atoms with Crippen molar-refractivity contribution >= 4 is 5.91 Å². The largest absolute Gasteiger partial charge is 0.494 e. The highest BCUT2D eigenvalue weighted by molar-refractivity contribution is 5.78. The summed E-state index contributed by atoms with van der Waals surface area (Å²) in [5, 5.41) is 3.17. The molecular formula is C16H25FN2O2. The number of amides is 1. The molecule has 1 rings (SSSR count). The Bertz CT molecular complexity index is 484. The van der Waals surface area contributed by atoms with Crippen LogP contribution in [0.4, 0.5) is 4.39 Å². The monoisotopic (exact) mass is 296 g/mol. The molecule has 0 aliphatic heterocycles. The maximum absolute atomic E-state index is 13.7. The summed E-state index contributed by atoms with van der Waals surface area (Å²) in [6.07, 6.45) is 0. The van der Waals surface area contributed by atoms with E-state index >= 15 is 0 Å². The molecule has 0 aromatic heterocycles. The molecule has 4 nitrogen and oxygen atoms in total. The average molecular weight is 296 g/mol. The summed E-state index contributed by atoms with van der Waals surface area (Å²) in [5.41, 5.74) is 0.639. The summed E-state index contributed by atoms with van der Waals surface area (Å²) in [6.45, 7) is 9.19. The van der Waals surface area contributed by atoms with Gasteiger partial charge >= 0.3 is 0 Å². The second-order valence-corrected chi connectivity index (χ2v) is 5.98. The van der Waals surface area contributed by atoms with E-state index in [0.29, 0.717) is 13.1 Å². The number of rotatable bonds is 6. The molecule has 21 heavy (non-hydrogen) atoms. The maximum atomic E-state index is 13.7. The first-order chi connectivity index (χ1) is 9.76. The third kappa shape index (κ3) is 5.71. The number of carbonyl (C=O) groups excluding carboxylic acids is 1. The predicted octanol–water partition coefficient (Wildman–Crippen LogP) is 2.57. The van der Waals surface area contributed by atoms with Crippen molar-refractivity contribution in [3.63, 3.8) is 0 Å². The first-order valence-electron chi connectivity index (χ1n) is 7.12. The lowest BCUT2D eigenvalue weighted by Crippen LogP contribution is -2.44. The Labute approximate surface area is 126 Å². The Morgan fingerprint density at radius 3 is 2.52 bits per heavy atom. The van der Waals surface area contributed by atoms with Gasteiger partial charge in [-0.25, -0.2) is 4.39 Å². The summed E-state index contributed by atoms with van der Waals surface area (Å²) < 4.78 is 18.6. The van der Waals surface area contributed by atoms with Gasteiger partial charge in [0.1, 0.15) is 0 Å². The van der Waals surface area contributed by atoms with Crippen molar-refractivity contribution < 1.29 is 13.9 Å². The van der Waals surface area contributed by atoms with Gasteiger partial charge < -0.3 is 15.0 Å². The van der Waals surface area contributed by atoms with Gasteiger partial charge in [-0.1, -0.05) is 6.07 Å². The fraction of sp³-hybridized carbons (Fsp3) is 0.562.